The van der Waals surface area contributed by atoms with Crippen molar-refractivity contribution >= 4 is 11.7 Å². The molecule has 3 nitrogen and oxygen atoms in total. The summed E-state index contributed by atoms with van der Waals surface area (Å²) in [5.74, 6) is 0.141. The Morgan fingerprint density at radius 1 is 1.50 bits per heavy atom. The van der Waals surface area contributed by atoms with Crippen LogP contribution in [0, 0.1) is 5.92 Å². The van der Waals surface area contributed by atoms with Gasteiger partial charge in [-0.1, -0.05) is 6.42 Å². The van der Waals surface area contributed by atoms with E-state index in [9.17, 15) is 9.59 Å². The van der Waals surface area contributed by atoms with Gasteiger partial charge in [0.05, 0.1) is 0 Å². The van der Waals surface area contributed by atoms with E-state index >= 15 is 0 Å². The van der Waals surface area contributed by atoms with E-state index in [1.54, 1.807) is 0 Å². The molecule has 0 bridgehead atoms. The molecule has 0 aromatic rings. The van der Waals surface area contributed by atoms with Crippen LogP contribution in [0.3, 0.4) is 0 Å². The van der Waals surface area contributed by atoms with Crippen LogP contribution in [-0.4, -0.2) is 11.7 Å². The fraction of sp³-hybridized carbons (Fsp3) is 0.778. The van der Waals surface area contributed by atoms with E-state index in [1.807, 2.05) is 0 Å². The van der Waals surface area contributed by atoms with Gasteiger partial charge >= 0.3 is 0 Å². The van der Waals surface area contributed by atoms with Crippen molar-refractivity contribution in [2.45, 2.75) is 38.5 Å². The Labute approximate surface area is 72.3 Å². The fourth-order valence-corrected chi connectivity index (χ4v) is 1.68. The number of amides is 1. The SMILES string of the molecule is NC(=O)CC[C@@H]1CCCCC1=O. The van der Waals surface area contributed by atoms with Gasteiger partial charge in [-0.05, 0) is 19.3 Å². The molecule has 0 aliphatic heterocycles. The maximum absolute atomic E-state index is 11.3. The maximum atomic E-state index is 11.3. The Morgan fingerprint density at radius 3 is 2.83 bits per heavy atom. The molecule has 0 aromatic heterocycles. The monoisotopic (exact) mass is 169 g/mol. The molecule has 1 fully saturated rings. The molecule has 1 amide bonds. The van der Waals surface area contributed by atoms with Gasteiger partial charge in [0.25, 0.3) is 0 Å². The lowest BCUT2D eigenvalue weighted by molar-refractivity contribution is -0.125. The van der Waals surface area contributed by atoms with E-state index in [0.717, 1.165) is 19.3 Å². The summed E-state index contributed by atoms with van der Waals surface area (Å²) < 4.78 is 0. The average Bonchev–Trinajstić information content (AvgIpc) is 2.03. The van der Waals surface area contributed by atoms with Gasteiger partial charge in [0.15, 0.2) is 0 Å². The lowest BCUT2D eigenvalue weighted by atomic mass is 9.85. The van der Waals surface area contributed by atoms with E-state index in [4.69, 9.17) is 5.73 Å². The summed E-state index contributed by atoms with van der Waals surface area (Å²) in [4.78, 5) is 21.7. The smallest absolute Gasteiger partial charge is 0.217 e. The number of hydrogen-bond donors (Lipinski definition) is 1. The van der Waals surface area contributed by atoms with E-state index in [0.29, 0.717) is 25.0 Å². The topological polar surface area (TPSA) is 60.2 Å². The maximum Gasteiger partial charge on any atom is 0.217 e. The number of hydrogen-bond acceptors (Lipinski definition) is 2. The summed E-state index contributed by atoms with van der Waals surface area (Å²) in [5.41, 5.74) is 5.00. The van der Waals surface area contributed by atoms with Gasteiger partial charge in [0.2, 0.25) is 5.91 Å². The molecule has 0 unspecified atom stereocenters. The minimum absolute atomic E-state index is 0.117. The van der Waals surface area contributed by atoms with Gasteiger partial charge in [0, 0.05) is 18.8 Å². The predicted octanol–water partition coefficient (Wildman–Crippen LogP) is 1.01. The summed E-state index contributed by atoms with van der Waals surface area (Å²) >= 11 is 0. The van der Waals surface area contributed by atoms with Crippen molar-refractivity contribution in [3.05, 3.63) is 0 Å². The van der Waals surface area contributed by atoms with Gasteiger partial charge in [-0.15, -0.1) is 0 Å². The first-order valence-corrected chi connectivity index (χ1v) is 4.51. The van der Waals surface area contributed by atoms with Gasteiger partial charge in [-0.25, -0.2) is 0 Å². The molecule has 0 spiro atoms. The van der Waals surface area contributed by atoms with Crippen molar-refractivity contribution in [2.75, 3.05) is 0 Å². The Balaban J connectivity index is 2.29. The molecule has 1 saturated carbocycles. The highest BCUT2D eigenvalue weighted by molar-refractivity contribution is 5.82. The molecular formula is C9H15NO2. The van der Waals surface area contributed by atoms with Crippen LogP contribution in [0.15, 0.2) is 0 Å². The second-order valence-electron chi connectivity index (χ2n) is 3.41. The van der Waals surface area contributed by atoms with E-state index in [1.165, 1.54) is 0 Å². The van der Waals surface area contributed by atoms with Crippen LogP contribution in [-0.2, 0) is 9.59 Å². The van der Waals surface area contributed by atoms with E-state index in [2.05, 4.69) is 0 Å². The van der Waals surface area contributed by atoms with Crippen LogP contribution in [0.4, 0.5) is 0 Å². The average molecular weight is 169 g/mol. The summed E-state index contributed by atoms with van der Waals surface area (Å²) in [6, 6.07) is 0. The van der Waals surface area contributed by atoms with Crippen molar-refractivity contribution in [1.82, 2.24) is 0 Å². The molecule has 68 valence electrons. The second-order valence-corrected chi connectivity index (χ2v) is 3.41. The Bertz CT molecular complexity index is 189. The lowest BCUT2D eigenvalue weighted by Crippen LogP contribution is -2.21. The molecule has 0 radical (unpaired) electrons. The normalized spacial score (nSPS) is 24.0. The first-order chi connectivity index (χ1) is 5.70. The third-order valence-corrected chi connectivity index (χ3v) is 2.42. The zero-order chi connectivity index (χ0) is 8.97. The van der Waals surface area contributed by atoms with Gasteiger partial charge in [-0.2, -0.15) is 0 Å². The van der Waals surface area contributed by atoms with Crippen LogP contribution in [0.25, 0.3) is 0 Å². The number of Topliss-reactive ketones (excluding diaryl/α,β-unsaturated/α-hetero) is 1. The molecule has 0 saturated heterocycles. The molecule has 1 aliphatic rings. The first kappa shape index (κ1) is 9.23. The van der Waals surface area contributed by atoms with E-state index < -0.39 is 0 Å². The molecule has 1 aliphatic carbocycles. The third-order valence-electron chi connectivity index (χ3n) is 2.42. The second kappa shape index (κ2) is 4.24. The zero-order valence-electron chi connectivity index (χ0n) is 7.21. The predicted molar refractivity (Wildman–Crippen MR) is 45.4 cm³/mol. The van der Waals surface area contributed by atoms with Crippen molar-refractivity contribution in [1.29, 1.82) is 0 Å². The van der Waals surface area contributed by atoms with Crippen molar-refractivity contribution < 1.29 is 9.59 Å². The van der Waals surface area contributed by atoms with Crippen LogP contribution in [0.1, 0.15) is 38.5 Å². The summed E-state index contributed by atoms with van der Waals surface area (Å²) in [6.07, 6.45) is 4.81. The minimum atomic E-state index is -0.298. The highest BCUT2D eigenvalue weighted by Crippen LogP contribution is 2.24. The summed E-state index contributed by atoms with van der Waals surface area (Å²) in [7, 11) is 0. The molecule has 2 N–H and O–H groups in total. The molecular weight excluding hydrogens is 154 g/mol. The number of carbonyl (C=O) groups is 2. The van der Waals surface area contributed by atoms with Crippen LogP contribution in [0.5, 0.6) is 0 Å². The number of ketones is 1. The Hall–Kier alpha value is -0.860. The van der Waals surface area contributed by atoms with Gasteiger partial charge in [0.1, 0.15) is 5.78 Å². The summed E-state index contributed by atoms with van der Waals surface area (Å²) in [5, 5.41) is 0. The lowest BCUT2D eigenvalue weighted by Gasteiger charge is -2.19. The largest absolute Gasteiger partial charge is 0.370 e. The molecule has 3 heteroatoms. The van der Waals surface area contributed by atoms with Crippen molar-refractivity contribution in [3.63, 3.8) is 0 Å². The first-order valence-electron chi connectivity index (χ1n) is 4.51. The number of primary amides is 1. The minimum Gasteiger partial charge on any atom is -0.370 e. The Kier molecular flexibility index (Phi) is 3.26. The van der Waals surface area contributed by atoms with Crippen molar-refractivity contribution in [3.8, 4) is 0 Å². The quantitative estimate of drug-likeness (QED) is 0.685. The zero-order valence-corrected chi connectivity index (χ0v) is 7.21. The van der Waals surface area contributed by atoms with Crippen LogP contribution >= 0.6 is 0 Å². The van der Waals surface area contributed by atoms with Gasteiger partial charge < -0.3 is 5.73 Å². The Morgan fingerprint density at radius 2 is 2.25 bits per heavy atom. The summed E-state index contributed by atoms with van der Waals surface area (Å²) in [6.45, 7) is 0. The van der Waals surface area contributed by atoms with Crippen LogP contribution in [0.2, 0.25) is 0 Å². The van der Waals surface area contributed by atoms with E-state index in [-0.39, 0.29) is 11.8 Å². The third kappa shape index (κ3) is 2.64. The highest BCUT2D eigenvalue weighted by atomic mass is 16.1. The number of carbonyl (C=O) groups excluding carboxylic acids is 2. The van der Waals surface area contributed by atoms with Crippen molar-refractivity contribution in [2.24, 2.45) is 11.7 Å². The van der Waals surface area contributed by atoms with Gasteiger partial charge in [-0.3, -0.25) is 9.59 Å². The number of rotatable bonds is 3. The fourth-order valence-electron chi connectivity index (χ4n) is 1.68. The molecule has 1 atom stereocenters. The van der Waals surface area contributed by atoms with Crippen LogP contribution < -0.4 is 5.73 Å². The molecule has 0 heterocycles. The number of nitrogens with two attached hydrogens (primary N) is 1. The molecule has 12 heavy (non-hydrogen) atoms. The molecule has 1 rings (SSSR count). The standard InChI is InChI=1S/C9H15NO2/c10-9(12)6-5-7-3-1-2-4-8(7)11/h7H,1-6H2,(H2,10,12)/t7-/m0/s1. The molecule has 0 aromatic carbocycles. The highest BCUT2D eigenvalue weighted by Gasteiger charge is 2.21.